The van der Waals surface area contributed by atoms with E-state index in [0.717, 1.165) is 27.2 Å². The van der Waals surface area contributed by atoms with E-state index in [2.05, 4.69) is 18.7 Å². The first-order chi connectivity index (χ1) is 15.0. The normalized spacial score (nSPS) is 20.0. The lowest BCUT2D eigenvalue weighted by Gasteiger charge is -2.35. The van der Waals surface area contributed by atoms with Crippen LogP contribution in [0.3, 0.4) is 0 Å². The van der Waals surface area contributed by atoms with Crippen LogP contribution in [0.2, 0.25) is 0 Å². The van der Waals surface area contributed by atoms with E-state index in [4.69, 9.17) is 9.47 Å². The van der Waals surface area contributed by atoms with Crippen LogP contribution < -0.4 is 0 Å². The van der Waals surface area contributed by atoms with Gasteiger partial charge in [-0.15, -0.1) is 0 Å². The molecule has 0 spiro atoms. The molecule has 0 aromatic heterocycles. The van der Waals surface area contributed by atoms with Crippen molar-refractivity contribution in [2.75, 3.05) is 19.8 Å². The van der Waals surface area contributed by atoms with Crippen LogP contribution in [-0.4, -0.2) is 42.6 Å². The van der Waals surface area contributed by atoms with Crippen molar-refractivity contribution in [3.05, 3.63) is 72.3 Å². The number of carbonyl (C=O) groups excluding carboxylic acids is 3. The number of carbonyl (C=O) groups is 3. The zero-order valence-electron chi connectivity index (χ0n) is 17.5. The lowest BCUT2D eigenvalue weighted by molar-refractivity contribution is -0.165. The molecule has 1 aliphatic heterocycles. The topological polar surface area (TPSA) is 72.9 Å². The molecular weight excluding hydrogens is 394 g/mol. The largest absolute Gasteiger partial charge is 0.461 e. The van der Waals surface area contributed by atoms with Crippen molar-refractivity contribution in [1.29, 1.82) is 0 Å². The predicted molar refractivity (Wildman–Crippen MR) is 115 cm³/mol. The summed E-state index contributed by atoms with van der Waals surface area (Å²) in [5.41, 5.74) is 3.06. The maximum absolute atomic E-state index is 13.0. The van der Waals surface area contributed by atoms with Gasteiger partial charge in [-0.25, -0.2) is 9.69 Å². The van der Waals surface area contributed by atoms with Gasteiger partial charge in [-0.05, 0) is 42.0 Å². The van der Waals surface area contributed by atoms with Crippen LogP contribution in [0.15, 0.2) is 61.2 Å². The Bertz CT molecular complexity index is 1000. The van der Waals surface area contributed by atoms with Crippen LogP contribution in [-0.2, 0) is 19.1 Å². The first-order valence-electron chi connectivity index (χ1n) is 10.4. The van der Waals surface area contributed by atoms with Crippen molar-refractivity contribution in [2.24, 2.45) is 5.41 Å². The standard InChI is InChI=1S/C25H25NO5/c1-3-15-30-23(28)25(2)13-8-14-26(22(25)27)24(29)31-16-21-19-11-6-4-9-17(19)18-10-5-7-12-20(18)21/h3-7,9-12,21H,1,8,13-16H2,2H3. The van der Waals surface area contributed by atoms with Gasteiger partial charge in [0.05, 0.1) is 0 Å². The molecule has 6 heteroatoms. The van der Waals surface area contributed by atoms with Crippen LogP contribution in [0.5, 0.6) is 0 Å². The zero-order chi connectivity index (χ0) is 22.0. The molecule has 2 amide bonds. The Morgan fingerprint density at radius 3 is 2.32 bits per heavy atom. The van der Waals surface area contributed by atoms with Gasteiger partial charge in [0.2, 0.25) is 5.91 Å². The molecule has 0 saturated carbocycles. The Kier molecular flexibility index (Phi) is 5.63. The Morgan fingerprint density at radius 2 is 1.71 bits per heavy atom. The fourth-order valence-electron chi connectivity index (χ4n) is 4.43. The molecule has 1 aliphatic carbocycles. The molecule has 31 heavy (non-hydrogen) atoms. The molecule has 1 heterocycles. The summed E-state index contributed by atoms with van der Waals surface area (Å²) in [6, 6.07) is 16.1. The number of hydrogen-bond donors (Lipinski definition) is 0. The molecule has 1 atom stereocenters. The van der Waals surface area contributed by atoms with E-state index in [0.29, 0.717) is 12.8 Å². The summed E-state index contributed by atoms with van der Waals surface area (Å²) < 4.78 is 10.7. The van der Waals surface area contributed by atoms with Crippen molar-refractivity contribution in [2.45, 2.75) is 25.7 Å². The Morgan fingerprint density at radius 1 is 1.10 bits per heavy atom. The maximum Gasteiger partial charge on any atom is 0.416 e. The Balaban J connectivity index is 1.48. The number of fused-ring (bicyclic) bond motifs is 3. The van der Waals surface area contributed by atoms with Crippen LogP contribution in [0.4, 0.5) is 4.79 Å². The molecule has 1 saturated heterocycles. The van der Waals surface area contributed by atoms with Crippen molar-refractivity contribution in [3.8, 4) is 11.1 Å². The number of rotatable bonds is 5. The predicted octanol–water partition coefficient (Wildman–Crippen LogP) is 4.29. The second kappa shape index (κ2) is 8.38. The average molecular weight is 419 g/mol. The minimum atomic E-state index is -1.40. The summed E-state index contributed by atoms with van der Waals surface area (Å²) in [6.45, 7) is 5.39. The summed E-state index contributed by atoms with van der Waals surface area (Å²) >= 11 is 0. The zero-order valence-corrected chi connectivity index (χ0v) is 17.5. The third kappa shape index (κ3) is 3.63. The van der Waals surface area contributed by atoms with Crippen LogP contribution in [0.1, 0.15) is 36.8 Å². The van der Waals surface area contributed by atoms with E-state index < -0.39 is 23.4 Å². The van der Waals surface area contributed by atoms with Gasteiger partial charge in [0.15, 0.2) is 0 Å². The lowest BCUT2D eigenvalue weighted by atomic mass is 9.81. The maximum atomic E-state index is 13.0. The quantitative estimate of drug-likeness (QED) is 0.411. The number of likely N-dealkylation sites (tertiary alicyclic amines) is 1. The van der Waals surface area contributed by atoms with E-state index in [1.807, 2.05) is 36.4 Å². The number of nitrogens with zero attached hydrogens (tertiary/aromatic N) is 1. The van der Waals surface area contributed by atoms with Crippen molar-refractivity contribution >= 4 is 18.0 Å². The summed E-state index contributed by atoms with van der Waals surface area (Å²) in [5.74, 6) is -1.32. The highest BCUT2D eigenvalue weighted by Gasteiger charge is 2.49. The molecule has 6 nitrogen and oxygen atoms in total. The molecule has 1 unspecified atom stereocenters. The van der Waals surface area contributed by atoms with E-state index in [-0.39, 0.29) is 25.7 Å². The highest BCUT2D eigenvalue weighted by molar-refractivity contribution is 6.07. The van der Waals surface area contributed by atoms with Crippen LogP contribution in [0, 0.1) is 5.41 Å². The van der Waals surface area contributed by atoms with Crippen LogP contribution in [0.25, 0.3) is 11.1 Å². The van der Waals surface area contributed by atoms with Crippen molar-refractivity contribution in [3.63, 3.8) is 0 Å². The van der Waals surface area contributed by atoms with Gasteiger partial charge < -0.3 is 9.47 Å². The smallest absolute Gasteiger partial charge is 0.416 e. The van der Waals surface area contributed by atoms with Gasteiger partial charge >= 0.3 is 12.1 Å². The van der Waals surface area contributed by atoms with Gasteiger partial charge in [0, 0.05) is 12.5 Å². The average Bonchev–Trinajstić information content (AvgIpc) is 3.11. The van der Waals surface area contributed by atoms with Gasteiger partial charge in [-0.3, -0.25) is 9.59 Å². The number of piperidine rings is 1. The van der Waals surface area contributed by atoms with Gasteiger partial charge in [0.25, 0.3) is 0 Å². The Labute approximate surface area is 181 Å². The minimum Gasteiger partial charge on any atom is -0.461 e. The fourth-order valence-corrected chi connectivity index (χ4v) is 4.43. The van der Waals surface area contributed by atoms with E-state index >= 15 is 0 Å². The molecule has 0 radical (unpaired) electrons. The van der Waals surface area contributed by atoms with E-state index in [1.165, 1.54) is 13.0 Å². The second-order valence-corrected chi connectivity index (χ2v) is 8.08. The van der Waals surface area contributed by atoms with E-state index in [9.17, 15) is 14.4 Å². The summed E-state index contributed by atoms with van der Waals surface area (Å²) in [7, 11) is 0. The molecule has 2 aliphatic rings. The SMILES string of the molecule is C=CCOC(=O)C1(C)CCCN(C(=O)OCC2c3ccccc3-c3ccccc32)C1=O. The van der Waals surface area contributed by atoms with E-state index in [1.54, 1.807) is 0 Å². The van der Waals surface area contributed by atoms with Crippen LogP contribution >= 0.6 is 0 Å². The highest BCUT2D eigenvalue weighted by Crippen LogP contribution is 2.44. The summed E-state index contributed by atoms with van der Waals surface area (Å²) in [4.78, 5) is 39.3. The lowest BCUT2D eigenvalue weighted by Crippen LogP contribution is -2.54. The Hall–Kier alpha value is -3.41. The molecule has 2 aromatic rings. The van der Waals surface area contributed by atoms with Crippen molar-refractivity contribution in [1.82, 2.24) is 4.90 Å². The third-order valence-electron chi connectivity index (χ3n) is 6.11. The van der Waals surface area contributed by atoms with Gasteiger partial charge in [0.1, 0.15) is 18.6 Å². The number of benzene rings is 2. The molecule has 0 bridgehead atoms. The molecule has 1 fully saturated rings. The summed E-state index contributed by atoms with van der Waals surface area (Å²) in [5, 5.41) is 0. The first kappa shape index (κ1) is 20.8. The molecule has 160 valence electrons. The fraction of sp³-hybridized carbons (Fsp3) is 0.320. The number of hydrogen-bond acceptors (Lipinski definition) is 5. The third-order valence-corrected chi connectivity index (χ3v) is 6.11. The number of ether oxygens (including phenoxy) is 2. The minimum absolute atomic E-state index is 0.0205. The van der Waals surface area contributed by atoms with Gasteiger partial charge in [-0.1, -0.05) is 61.2 Å². The molecule has 4 rings (SSSR count). The number of imide groups is 1. The molecular formula is C25H25NO5. The first-order valence-corrected chi connectivity index (χ1v) is 10.4. The highest BCUT2D eigenvalue weighted by atomic mass is 16.6. The number of esters is 1. The summed E-state index contributed by atoms with van der Waals surface area (Å²) in [6.07, 6.45) is 1.55. The number of amides is 2. The van der Waals surface area contributed by atoms with Gasteiger partial charge in [-0.2, -0.15) is 0 Å². The molecule has 2 aromatic carbocycles. The molecule has 0 N–H and O–H groups in total. The monoisotopic (exact) mass is 419 g/mol. The van der Waals surface area contributed by atoms with Crippen molar-refractivity contribution < 1.29 is 23.9 Å². The second-order valence-electron chi connectivity index (χ2n) is 8.08.